The number of hydrazone groups is 1. The fourth-order valence-corrected chi connectivity index (χ4v) is 1.93. The van der Waals surface area contributed by atoms with Crippen LogP contribution in [0.1, 0.15) is 33.6 Å². The van der Waals surface area contributed by atoms with Crippen molar-refractivity contribution in [3.63, 3.8) is 0 Å². The molecule has 0 spiro atoms. The van der Waals surface area contributed by atoms with Crippen LogP contribution in [-0.2, 0) is 4.74 Å². The molecule has 0 radical (unpaired) electrons. The number of amides is 2. The van der Waals surface area contributed by atoms with Gasteiger partial charge in [-0.1, -0.05) is 13.8 Å². The minimum Gasteiger partial charge on any atom is -0.381 e. The molecule has 0 aromatic heterocycles. The van der Waals surface area contributed by atoms with Crippen molar-refractivity contribution in [2.24, 2.45) is 21.7 Å². The van der Waals surface area contributed by atoms with E-state index in [0.29, 0.717) is 13.0 Å². The van der Waals surface area contributed by atoms with Gasteiger partial charge >= 0.3 is 6.03 Å². The van der Waals surface area contributed by atoms with Crippen LogP contribution in [0.5, 0.6) is 0 Å². The molecule has 21 heavy (non-hydrogen) atoms. The molecule has 0 bridgehead atoms. The van der Waals surface area contributed by atoms with Gasteiger partial charge in [-0.25, -0.2) is 4.79 Å². The Balaban J connectivity index is 4.98. The van der Waals surface area contributed by atoms with Gasteiger partial charge in [-0.05, 0) is 13.3 Å². The number of hydrogen-bond donors (Lipinski definition) is 2. The first-order valence-electron chi connectivity index (χ1n) is 7.18. The van der Waals surface area contributed by atoms with Gasteiger partial charge in [0, 0.05) is 45.5 Å². The molecule has 7 nitrogen and oxygen atoms in total. The van der Waals surface area contributed by atoms with Crippen LogP contribution in [0.3, 0.4) is 0 Å². The van der Waals surface area contributed by atoms with E-state index in [-0.39, 0.29) is 18.2 Å². The monoisotopic (exact) mass is 299 g/mol. The minimum absolute atomic E-state index is 0.0461. The summed E-state index contributed by atoms with van der Waals surface area (Å²) < 4.78 is 5.38. The molecular formula is C14H29N5O2. The lowest BCUT2D eigenvalue weighted by Gasteiger charge is -2.31. The van der Waals surface area contributed by atoms with Crippen LogP contribution < -0.4 is 11.1 Å². The normalized spacial score (nSPS) is 16.0. The van der Waals surface area contributed by atoms with E-state index in [0.717, 1.165) is 12.1 Å². The molecule has 3 atom stereocenters. The lowest BCUT2D eigenvalue weighted by Crippen LogP contribution is -2.38. The average molecular weight is 299 g/mol. The zero-order valence-corrected chi connectivity index (χ0v) is 13.8. The molecule has 0 rings (SSSR count). The number of nitrogens with two attached hydrogens (primary N) is 1. The molecule has 0 saturated carbocycles. The number of nitrogens with one attached hydrogen (secondary N) is 1. The third kappa shape index (κ3) is 7.08. The third-order valence-electron chi connectivity index (χ3n) is 3.62. The van der Waals surface area contributed by atoms with Crippen molar-refractivity contribution in [1.29, 1.82) is 0 Å². The molecule has 0 saturated heterocycles. The zero-order chi connectivity index (χ0) is 16.4. The second-order valence-corrected chi connectivity index (χ2v) is 5.02. The third-order valence-corrected chi connectivity index (χ3v) is 3.62. The highest BCUT2D eigenvalue weighted by Crippen LogP contribution is 2.18. The van der Waals surface area contributed by atoms with E-state index >= 15 is 0 Å². The van der Waals surface area contributed by atoms with Crippen molar-refractivity contribution >= 4 is 18.5 Å². The topological polar surface area (TPSA) is 92.3 Å². The van der Waals surface area contributed by atoms with Crippen LogP contribution in [0, 0.1) is 5.92 Å². The molecule has 0 heterocycles. The Morgan fingerprint density at radius 1 is 1.48 bits per heavy atom. The summed E-state index contributed by atoms with van der Waals surface area (Å²) >= 11 is 0. The predicted octanol–water partition coefficient (Wildman–Crippen LogP) is 1.44. The van der Waals surface area contributed by atoms with Gasteiger partial charge in [0.05, 0.1) is 6.10 Å². The molecule has 0 aliphatic rings. The number of rotatable bonds is 10. The van der Waals surface area contributed by atoms with Crippen LogP contribution in [-0.4, -0.2) is 56.4 Å². The second-order valence-electron chi connectivity index (χ2n) is 5.02. The first kappa shape index (κ1) is 19.4. The number of methoxy groups -OCH3 is 1. The Morgan fingerprint density at radius 2 is 2.10 bits per heavy atom. The molecule has 3 N–H and O–H groups in total. The molecule has 0 aliphatic heterocycles. The number of urea groups is 1. The van der Waals surface area contributed by atoms with Crippen molar-refractivity contribution in [2.45, 2.75) is 45.9 Å². The maximum atomic E-state index is 10.7. The number of aliphatic imine (C=N–C) groups is 1. The first-order valence-corrected chi connectivity index (χ1v) is 7.18. The van der Waals surface area contributed by atoms with Gasteiger partial charge in [-0.15, -0.1) is 0 Å². The number of carbonyl (C=O) groups is 1. The van der Waals surface area contributed by atoms with E-state index < -0.39 is 6.03 Å². The molecule has 122 valence electrons. The van der Waals surface area contributed by atoms with E-state index in [1.807, 2.05) is 20.9 Å². The van der Waals surface area contributed by atoms with Crippen LogP contribution in [0.25, 0.3) is 0 Å². The lowest BCUT2D eigenvalue weighted by molar-refractivity contribution is 0.0339. The zero-order valence-electron chi connectivity index (χ0n) is 13.8. The van der Waals surface area contributed by atoms with Gasteiger partial charge in [0.1, 0.15) is 6.17 Å². The standard InChI is InChI=1S/C14H29N5O2/c1-7-12(8-9-17-14(15)20)18-13(19(5)16-4)10(2)11(3)21-6/h10-11,13H,4,7-9H2,1-3,5-6H3,(H3,15,17,20)/t10-,11+,13?/m0/s1. The van der Waals surface area contributed by atoms with Gasteiger partial charge in [0.2, 0.25) is 0 Å². The summed E-state index contributed by atoms with van der Waals surface area (Å²) in [7, 11) is 3.52. The Morgan fingerprint density at radius 3 is 2.52 bits per heavy atom. The first-order chi connectivity index (χ1) is 9.87. The Labute approximate surface area is 127 Å². The molecule has 0 fully saturated rings. The number of nitrogens with zero attached hydrogens (tertiary/aromatic N) is 3. The van der Waals surface area contributed by atoms with Crippen molar-refractivity contribution in [2.75, 3.05) is 20.7 Å². The number of ether oxygens (including phenoxy) is 1. The van der Waals surface area contributed by atoms with Crippen molar-refractivity contribution < 1.29 is 9.53 Å². The average Bonchev–Trinajstić information content (AvgIpc) is 2.47. The number of hydrogen-bond acceptors (Lipinski definition) is 5. The van der Waals surface area contributed by atoms with Crippen LogP contribution >= 0.6 is 0 Å². The maximum Gasteiger partial charge on any atom is 0.312 e. The summed E-state index contributed by atoms with van der Waals surface area (Å²) in [6, 6.07) is -0.520. The van der Waals surface area contributed by atoms with Gasteiger partial charge in [0.15, 0.2) is 0 Å². The molecule has 0 aromatic carbocycles. The highest BCUT2D eigenvalue weighted by Gasteiger charge is 2.25. The predicted molar refractivity (Wildman–Crippen MR) is 86.7 cm³/mol. The Kier molecular flexibility index (Phi) is 9.36. The van der Waals surface area contributed by atoms with E-state index in [2.05, 4.69) is 24.1 Å². The Bertz CT molecular complexity index is 359. The van der Waals surface area contributed by atoms with Crippen molar-refractivity contribution in [3.8, 4) is 0 Å². The van der Waals surface area contributed by atoms with E-state index in [1.54, 1.807) is 12.1 Å². The highest BCUT2D eigenvalue weighted by molar-refractivity contribution is 5.85. The van der Waals surface area contributed by atoms with Gasteiger partial charge in [-0.3, -0.25) is 10.0 Å². The van der Waals surface area contributed by atoms with Crippen LogP contribution in [0.2, 0.25) is 0 Å². The van der Waals surface area contributed by atoms with E-state index in [1.165, 1.54) is 0 Å². The van der Waals surface area contributed by atoms with Crippen LogP contribution in [0.4, 0.5) is 4.79 Å². The molecule has 0 aromatic rings. The van der Waals surface area contributed by atoms with Crippen molar-refractivity contribution in [3.05, 3.63) is 0 Å². The van der Waals surface area contributed by atoms with Gasteiger partial charge < -0.3 is 15.8 Å². The fourth-order valence-electron chi connectivity index (χ4n) is 1.93. The maximum absolute atomic E-state index is 10.7. The van der Waals surface area contributed by atoms with Gasteiger partial charge in [0.25, 0.3) is 0 Å². The SMILES string of the molecule is C=NN(C)C(N=C(CC)CCNC(N)=O)[C@@H](C)[C@@H](C)OC. The molecule has 7 heteroatoms. The number of primary amides is 1. The smallest absolute Gasteiger partial charge is 0.312 e. The van der Waals surface area contributed by atoms with Gasteiger partial charge in [-0.2, -0.15) is 5.10 Å². The molecule has 1 unspecified atom stereocenters. The molecule has 2 amide bonds. The minimum atomic E-state index is -0.520. The van der Waals surface area contributed by atoms with Crippen LogP contribution in [0.15, 0.2) is 10.1 Å². The van der Waals surface area contributed by atoms with E-state index in [9.17, 15) is 4.79 Å². The quantitative estimate of drug-likeness (QED) is 0.472. The summed E-state index contributed by atoms with van der Waals surface area (Å²) in [4.78, 5) is 15.5. The molecular weight excluding hydrogens is 270 g/mol. The summed E-state index contributed by atoms with van der Waals surface area (Å²) in [5.74, 6) is 0.149. The second kappa shape index (κ2) is 10.1. The molecule has 0 aliphatic carbocycles. The highest BCUT2D eigenvalue weighted by atomic mass is 16.5. The lowest BCUT2D eigenvalue weighted by atomic mass is 10.0. The summed E-state index contributed by atoms with van der Waals surface area (Å²) in [5, 5.41) is 8.26. The van der Waals surface area contributed by atoms with Crippen molar-refractivity contribution in [1.82, 2.24) is 10.3 Å². The largest absolute Gasteiger partial charge is 0.381 e. The van der Waals surface area contributed by atoms with E-state index in [4.69, 9.17) is 15.5 Å². The summed E-state index contributed by atoms with van der Waals surface area (Å²) in [6.45, 7) is 10.1. The number of carbonyl (C=O) groups excluding carboxylic acids is 1. The fraction of sp³-hybridized carbons (Fsp3) is 0.786. The summed E-state index contributed by atoms with van der Waals surface area (Å²) in [6.07, 6.45) is 1.36. The summed E-state index contributed by atoms with van der Waals surface area (Å²) in [5.41, 5.74) is 6.06. The Hall–Kier alpha value is -1.63.